The fourth-order valence-electron chi connectivity index (χ4n) is 2.91. The predicted octanol–water partition coefficient (Wildman–Crippen LogP) is 2.42. The summed E-state index contributed by atoms with van der Waals surface area (Å²) in [6, 6.07) is 0. The van der Waals surface area contributed by atoms with Crippen LogP contribution in [0.4, 0.5) is 13.2 Å². The van der Waals surface area contributed by atoms with E-state index in [1.54, 1.807) is 13.8 Å². The van der Waals surface area contributed by atoms with Gasteiger partial charge in [0.25, 0.3) is 17.6 Å². The Morgan fingerprint density at radius 1 is 1.15 bits per heavy atom. The van der Waals surface area contributed by atoms with Gasteiger partial charge >= 0.3 is 0 Å². The summed E-state index contributed by atoms with van der Waals surface area (Å²) in [5.41, 5.74) is -1.06. The van der Waals surface area contributed by atoms with Gasteiger partial charge in [-0.25, -0.2) is 8.78 Å². The highest BCUT2D eigenvalue weighted by molar-refractivity contribution is 5.91. The van der Waals surface area contributed by atoms with Gasteiger partial charge in [0.1, 0.15) is 0 Å². The van der Waals surface area contributed by atoms with E-state index in [-0.39, 0.29) is 18.0 Å². The van der Waals surface area contributed by atoms with E-state index < -0.39 is 46.1 Å². The first-order valence-corrected chi connectivity index (χ1v) is 7.85. The highest BCUT2D eigenvalue weighted by Gasteiger charge is 2.31. The number of carbonyl (C=O) groups is 1. The van der Waals surface area contributed by atoms with Gasteiger partial charge in [-0.1, -0.05) is 5.16 Å². The maximum atomic E-state index is 14.2. The molecule has 0 spiro atoms. The van der Waals surface area contributed by atoms with Crippen molar-refractivity contribution < 1.29 is 32.3 Å². The Hall–Kier alpha value is -2.62. The molecular formula is C16H16F3N3O4. The Labute approximate surface area is 146 Å². The van der Waals surface area contributed by atoms with Crippen LogP contribution in [0.25, 0.3) is 11.5 Å². The van der Waals surface area contributed by atoms with Crippen molar-refractivity contribution in [3.8, 4) is 17.2 Å². The number of aromatic nitrogens is 2. The lowest BCUT2D eigenvalue weighted by Crippen LogP contribution is -2.48. The summed E-state index contributed by atoms with van der Waals surface area (Å²) in [7, 11) is 0. The molecule has 7 nitrogen and oxygen atoms in total. The number of phenols is 1. The summed E-state index contributed by atoms with van der Waals surface area (Å²) >= 11 is 0. The molecule has 1 aromatic heterocycles. The summed E-state index contributed by atoms with van der Waals surface area (Å²) in [4.78, 5) is 17.7. The summed E-state index contributed by atoms with van der Waals surface area (Å²) in [6.45, 7) is 5.33. The molecule has 26 heavy (non-hydrogen) atoms. The van der Waals surface area contributed by atoms with Gasteiger partial charge in [-0.2, -0.15) is 9.37 Å². The van der Waals surface area contributed by atoms with Crippen LogP contribution in [0, 0.1) is 24.4 Å². The Morgan fingerprint density at radius 3 is 2.38 bits per heavy atom. The second-order valence-electron chi connectivity index (χ2n) is 6.18. The maximum absolute atomic E-state index is 14.2. The van der Waals surface area contributed by atoms with Crippen molar-refractivity contribution in [3.63, 3.8) is 0 Å². The van der Waals surface area contributed by atoms with Crippen LogP contribution in [-0.4, -0.2) is 51.4 Å². The number of aromatic hydroxyl groups is 1. The average molecular weight is 371 g/mol. The zero-order valence-electron chi connectivity index (χ0n) is 14.2. The standard InChI is InChI=1S/C16H16F3N3O4/c1-6-4-22(5-7(2)25-6)16(24)14-20-15(26-21-14)9-8(3)10(17)12(19)13(23)11(9)18/h6-7,23H,4-5H2,1-3H3. The van der Waals surface area contributed by atoms with Crippen molar-refractivity contribution in [1.82, 2.24) is 15.0 Å². The number of phenolic OH excluding ortho intramolecular Hbond substituents is 1. The highest BCUT2D eigenvalue weighted by Crippen LogP contribution is 2.35. The van der Waals surface area contributed by atoms with E-state index in [9.17, 15) is 23.1 Å². The Morgan fingerprint density at radius 2 is 1.77 bits per heavy atom. The molecule has 0 aliphatic carbocycles. The molecule has 1 N–H and O–H groups in total. The van der Waals surface area contributed by atoms with Gasteiger partial charge in [0.05, 0.1) is 17.8 Å². The summed E-state index contributed by atoms with van der Waals surface area (Å²) in [5.74, 6) is -7.55. The first-order chi connectivity index (χ1) is 12.2. The van der Waals surface area contributed by atoms with Crippen LogP contribution >= 0.6 is 0 Å². The fourth-order valence-corrected chi connectivity index (χ4v) is 2.91. The number of ether oxygens (including phenoxy) is 1. The second-order valence-corrected chi connectivity index (χ2v) is 6.18. The van der Waals surface area contributed by atoms with Gasteiger partial charge in [0.15, 0.2) is 17.4 Å². The van der Waals surface area contributed by atoms with Gasteiger partial charge in [-0.3, -0.25) is 4.79 Å². The largest absolute Gasteiger partial charge is 0.503 e. The topological polar surface area (TPSA) is 88.7 Å². The number of rotatable bonds is 2. The molecule has 1 fully saturated rings. The molecule has 1 aliphatic heterocycles. The molecule has 1 aliphatic rings. The zero-order chi connectivity index (χ0) is 19.2. The molecule has 3 rings (SSSR count). The predicted molar refractivity (Wildman–Crippen MR) is 81.9 cm³/mol. The summed E-state index contributed by atoms with van der Waals surface area (Å²) in [5, 5.41) is 12.9. The number of morpholine rings is 1. The van der Waals surface area contributed by atoms with E-state index in [0.717, 1.165) is 6.92 Å². The van der Waals surface area contributed by atoms with Gasteiger partial charge in [0, 0.05) is 18.7 Å². The zero-order valence-corrected chi connectivity index (χ0v) is 14.2. The number of hydrogen-bond acceptors (Lipinski definition) is 6. The van der Waals surface area contributed by atoms with E-state index in [1.165, 1.54) is 4.90 Å². The fraction of sp³-hybridized carbons (Fsp3) is 0.438. The van der Waals surface area contributed by atoms with Crippen molar-refractivity contribution in [2.75, 3.05) is 13.1 Å². The number of amides is 1. The smallest absolute Gasteiger partial charge is 0.295 e. The Balaban J connectivity index is 1.95. The molecule has 0 saturated carbocycles. The van der Waals surface area contributed by atoms with E-state index in [2.05, 4.69) is 10.1 Å². The number of carbonyl (C=O) groups excluding carboxylic acids is 1. The molecular weight excluding hydrogens is 355 g/mol. The first kappa shape index (κ1) is 18.2. The van der Waals surface area contributed by atoms with Gasteiger partial charge in [0.2, 0.25) is 5.82 Å². The molecule has 1 aromatic carbocycles. The van der Waals surface area contributed by atoms with Crippen molar-refractivity contribution in [2.24, 2.45) is 0 Å². The third kappa shape index (κ3) is 3.00. The third-order valence-electron chi connectivity index (χ3n) is 4.07. The lowest BCUT2D eigenvalue weighted by Gasteiger charge is -2.34. The van der Waals surface area contributed by atoms with Crippen molar-refractivity contribution in [2.45, 2.75) is 33.0 Å². The quantitative estimate of drug-likeness (QED) is 0.816. The van der Waals surface area contributed by atoms with Gasteiger partial charge in [-0.05, 0) is 20.8 Å². The lowest BCUT2D eigenvalue weighted by atomic mass is 10.1. The molecule has 0 radical (unpaired) electrons. The van der Waals surface area contributed by atoms with Crippen LogP contribution in [0.2, 0.25) is 0 Å². The van der Waals surface area contributed by atoms with Gasteiger partial charge in [-0.15, -0.1) is 0 Å². The molecule has 0 bridgehead atoms. The minimum absolute atomic E-state index is 0.183. The van der Waals surface area contributed by atoms with Crippen LogP contribution in [0.15, 0.2) is 4.52 Å². The van der Waals surface area contributed by atoms with E-state index in [1.807, 2.05) is 0 Å². The minimum Gasteiger partial charge on any atom is -0.503 e. The number of nitrogens with zero attached hydrogens (tertiary/aromatic N) is 3. The number of halogens is 3. The molecule has 10 heteroatoms. The number of benzene rings is 1. The molecule has 2 unspecified atom stereocenters. The normalized spacial score (nSPS) is 20.5. The maximum Gasteiger partial charge on any atom is 0.295 e. The van der Waals surface area contributed by atoms with Crippen LogP contribution in [0.5, 0.6) is 5.75 Å². The van der Waals surface area contributed by atoms with E-state index in [4.69, 9.17) is 9.26 Å². The van der Waals surface area contributed by atoms with Crippen LogP contribution < -0.4 is 0 Å². The monoisotopic (exact) mass is 371 g/mol. The lowest BCUT2D eigenvalue weighted by molar-refractivity contribution is -0.0589. The molecule has 140 valence electrons. The van der Waals surface area contributed by atoms with Crippen molar-refractivity contribution >= 4 is 5.91 Å². The summed E-state index contributed by atoms with van der Waals surface area (Å²) < 4.78 is 51.7. The third-order valence-corrected chi connectivity index (χ3v) is 4.07. The Bertz CT molecular complexity index is 832. The first-order valence-electron chi connectivity index (χ1n) is 7.85. The number of hydrogen-bond donors (Lipinski definition) is 1. The molecule has 2 heterocycles. The average Bonchev–Trinajstić information content (AvgIpc) is 3.06. The van der Waals surface area contributed by atoms with Crippen molar-refractivity contribution in [1.29, 1.82) is 0 Å². The SMILES string of the molecule is Cc1c(F)c(F)c(O)c(F)c1-c1nc(C(=O)N2CC(C)OC(C)C2)no1. The minimum atomic E-state index is -1.71. The van der Waals surface area contributed by atoms with E-state index >= 15 is 0 Å². The summed E-state index contributed by atoms with van der Waals surface area (Å²) in [6.07, 6.45) is -0.367. The molecule has 1 saturated heterocycles. The molecule has 1 amide bonds. The molecule has 2 aromatic rings. The Kier molecular flexibility index (Phi) is 4.61. The van der Waals surface area contributed by atoms with Crippen molar-refractivity contribution in [3.05, 3.63) is 28.8 Å². The van der Waals surface area contributed by atoms with Gasteiger partial charge < -0.3 is 19.3 Å². The molecule has 2 atom stereocenters. The van der Waals surface area contributed by atoms with Crippen LogP contribution in [-0.2, 0) is 4.74 Å². The highest BCUT2D eigenvalue weighted by atomic mass is 19.2. The second kappa shape index (κ2) is 6.60. The van der Waals surface area contributed by atoms with Crippen LogP contribution in [0.1, 0.15) is 30.0 Å². The van der Waals surface area contributed by atoms with E-state index in [0.29, 0.717) is 13.1 Å². The van der Waals surface area contributed by atoms with Crippen LogP contribution in [0.3, 0.4) is 0 Å².